The molecule has 0 spiro atoms. The maximum atomic E-state index is 6.32. The van der Waals surface area contributed by atoms with Gasteiger partial charge in [0.25, 0.3) is 0 Å². The average molecular weight is 272 g/mol. The second-order valence-corrected chi connectivity index (χ2v) is 5.30. The number of aromatic nitrogens is 2. The van der Waals surface area contributed by atoms with E-state index in [1.165, 1.54) is 12.8 Å². The molecule has 1 N–H and O–H groups in total. The van der Waals surface area contributed by atoms with Gasteiger partial charge in [0, 0.05) is 6.54 Å². The predicted molar refractivity (Wildman–Crippen MR) is 78.0 cm³/mol. The Balaban J connectivity index is 2.96. The predicted octanol–water partition coefficient (Wildman–Crippen LogP) is 4.03. The maximum absolute atomic E-state index is 6.32. The van der Waals surface area contributed by atoms with Crippen molar-refractivity contribution in [2.24, 2.45) is 5.92 Å². The van der Waals surface area contributed by atoms with E-state index >= 15 is 0 Å². The third-order valence-corrected chi connectivity index (χ3v) is 3.65. The lowest BCUT2D eigenvalue weighted by Crippen LogP contribution is -2.30. The molecule has 0 aliphatic carbocycles. The highest BCUT2D eigenvalue weighted by molar-refractivity contribution is 6.31. The summed E-state index contributed by atoms with van der Waals surface area (Å²) in [6, 6.07) is 0.305. The van der Waals surface area contributed by atoms with Crippen molar-refractivity contribution < 1.29 is 0 Å². The molecular weight excluding hydrogens is 246 g/mol. The molecule has 1 aromatic heterocycles. The van der Waals surface area contributed by atoms with Crippen LogP contribution in [0, 0.1) is 5.92 Å². The third-order valence-electron chi connectivity index (χ3n) is 3.35. The minimum atomic E-state index is 0.305. The summed E-state index contributed by atoms with van der Waals surface area (Å²) in [6.07, 6.45) is 5.29. The second kappa shape index (κ2) is 7.80. The van der Waals surface area contributed by atoms with Crippen molar-refractivity contribution in [3.8, 4) is 0 Å². The molecule has 3 nitrogen and oxygen atoms in total. The van der Waals surface area contributed by atoms with Crippen molar-refractivity contribution in [1.82, 2.24) is 15.1 Å². The maximum Gasteiger partial charge on any atom is 0.0834 e. The highest BCUT2D eigenvalue weighted by atomic mass is 35.5. The Morgan fingerprint density at radius 1 is 1.33 bits per heavy atom. The smallest absolute Gasteiger partial charge is 0.0834 e. The molecular formula is C14H26ClN3. The lowest BCUT2D eigenvalue weighted by Gasteiger charge is -2.26. The summed E-state index contributed by atoms with van der Waals surface area (Å²) in [7, 11) is 0. The topological polar surface area (TPSA) is 29.9 Å². The summed E-state index contributed by atoms with van der Waals surface area (Å²) >= 11 is 6.32. The quantitative estimate of drug-likeness (QED) is 0.774. The first-order valence-electron chi connectivity index (χ1n) is 7.10. The van der Waals surface area contributed by atoms with Gasteiger partial charge in [0.05, 0.1) is 23.0 Å². The Morgan fingerprint density at radius 3 is 2.61 bits per heavy atom. The fraction of sp³-hybridized carbons (Fsp3) is 0.786. The van der Waals surface area contributed by atoms with Crippen LogP contribution >= 0.6 is 11.6 Å². The SMILES string of the molecule is CCCNC(c1c(Cl)cnn1CC)C(C)CCC. The fourth-order valence-corrected chi connectivity index (χ4v) is 2.68. The van der Waals surface area contributed by atoms with Crippen molar-refractivity contribution in [2.45, 2.75) is 59.5 Å². The van der Waals surface area contributed by atoms with E-state index < -0.39 is 0 Å². The molecule has 2 unspecified atom stereocenters. The first-order valence-corrected chi connectivity index (χ1v) is 7.47. The van der Waals surface area contributed by atoms with E-state index in [4.69, 9.17) is 11.6 Å². The molecule has 4 heteroatoms. The summed E-state index contributed by atoms with van der Waals surface area (Å²) in [6.45, 7) is 10.7. The number of halogens is 1. The van der Waals surface area contributed by atoms with Gasteiger partial charge in [-0.05, 0) is 32.2 Å². The molecule has 0 saturated heterocycles. The molecule has 104 valence electrons. The summed E-state index contributed by atoms with van der Waals surface area (Å²) in [5.41, 5.74) is 1.15. The van der Waals surface area contributed by atoms with Gasteiger partial charge >= 0.3 is 0 Å². The number of nitrogens with one attached hydrogen (secondary N) is 1. The van der Waals surface area contributed by atoms with Gasteiger partial charge in [-0.25, -0.2) is 0 Å². The lowest BCUT2D eigenvalue weighted by atomic mass is 9.94. The van der Waals surface area contributed by atoms with Crippen molar-refractivity contribution >= 4 is 11.6 Å². The van der Waals surface area contributed by atoms with Crippen LogP contribution in [0.4, 0.5) is 0 Å². The molecule has 1 aromatic rings. The van der Waals surface area contributed by atoms with Gasteiger partial charge in [-0.3, -0.25) is 4.68 Å². The first-order chi connectivity index (χ1) is 8.65. The van der Waals surface area contributed by atoms with Crippen LogP contribution in [0.25, 0.3) is 0 Å². The molecule has 0 aliphatic rings. The summed E-state index contributed by atoms with van der Waals surface area (Å²) in [5, 5.41) is 8.76. The van der Waals surface area contributed by atoms with Crippen molar-refractivity contribution in [3.63, 3.8) is 0 Å². The normalized spacial score (nSPS) is 14.7. The van der Waals surface area contributed by atoms with Gasteiger partial charge in [0.15, 0.2) is 0 Å². The van der Waals surface area contributed by atoms with Crippen LogP contribution in [0.1, 0.15) is 58.7 Å². The fourth-order valence-electron chi connectivity index (χ4n) is 2.42. The Bertz CT molecular complexity index is 349. The third kappa shape index (κ3) is 3.72. The Morgan fingerprint density at radius 2 is 2.06 bits per heavy atom. The average Bonchev–Trinajstić information content (AvgIpc) is 2.72. The van der Waals surface area contributed by atoms with Gasteiger partial charge < -0.3 is 5.32 Å². The molecule has 0 bridgehead atoms. The van der Waals surface area contributed by atoms with Crippen LogP contribution in [-0.2, 0) is 6.54 Å². The molecule has 2 atom stereocenters. The van der Waals surface area contributed by atoms with Crippen LogP contribution in [0.15, 0.2) is 6.20 Å². The van der Waals surface area contributed by atoms with Crippen LogP contribution in [0.5, 0.6) is 0 Å². The number of rotatable bonds is 8. The standard InChI is InChI=1S/C14H26ClN3/c1-5-8-11(4)13(16-9-6-2)14-12(15)10-17-18(14)7-3/h10-11,13,16H,5-9H2,1-4H3. The van der Waals surface area contributed by atoms with E-state index in [9.17, 15) is 0 Å². The van der Waals surface area contributed by atoms with Gasteiger partial charge in [-0.2, -0.15) is 5.10 Å². The number of hydrogen-bond donors (Lipinski definition) is 1. The molecule has 0 aromatic carbocycles. The Labute approximate surface area is 116 Å². The van der Waals surface area contributed by atoms with E-state index in [1.807, 2.05) is 4.68 Å². The number of nitrogens with zero attached hydrogens (tertiary/aromatic N) is 2. The summed E-state index contributed by atoms with van der Waals surface area (Å²) in [4.78, 5) is 0. The second-order valence-electron chi connectivity index (χ2n) is 4.89. The zero-order valence-electron chi connectivity index (χ0n) is 12.0. The Kier molecular flexibility index (Phi) is 6.72. The van der Waals surface area contributed by atoms with E-state index in [0.717, 1.165) is 30.2 Å². The molecule has 0 amide bonds. The van der Waals surface area contributed by atoms with E-state index in [0.29, 0.717) is 12.0 Å². The lowest BCUT2D eigenvalue weighted by molar-refractivity contribution is 0.343. The highest BCUT2D eigenvalue weighted by Crippen LogP contribution is 2.30. The van der Waals surface area contributed by atoms with Crippen LogP contribution in [0.3, 0.4) is 0 Å². The first kappa shape index (κ1) is 15.5. The van der Waals surface area contributed by atoms with Gasteiger partial charge in [-0.15, -0.1) is 0 Å². The zero-order valence-corrected chi connectivity index (χ0v) is 12.8. The molecule has 0 radical (unpaired) electrons. The van der Waals surface area contributed by atoms with Crippen molar-refractivity contribution in [3.05, 3.63) is 16.9 Å². The van der Waals surface area contributed by atoms with Crippen LogP contribution in [0.2, 0.25) is 5.02 Å². The largest absolute Gasteiger partial charge is 0.308 e. The van der Waals surface area contributed by atoms with Crippen molar-refractivity contribution in [2.75, 3.05) is 6.54 Å². The number of aryl methyl sites for hydroxylation is 1. The zero-order chi connectivity index (χ0) is 13.5. The summed E-state index contributed by atoms with van der Waals surface area (Å²) in [5.74, 6) is 0.570. The van der Waals surface area contributed by atoms with Crippen LogP contribution in [-0.4, -0.2) is 16.3 Å². The molecule has 18 heavy (non-hydrogen) atoms. The minimum Gasteiger partial charge on any atom is -0.308 e. The molecule has 0 fully saturated rings. The van der Waals surface area contributed by atoms with Crippen molar-refractivity contribution in [1.29, 1.82) is 0 Å². The van der Waals surface area contributed by atoms with Gasteiger partial charge in [0.1, 0.15) is 0 Å². The highest BCUT2D eigenvalue weighted by Gasteiger charge is 2.24. The van der Waals surface area contributed by atoms with E-state index in [1.54, 1.807) is 6.20 Å². The Hall–Kier alpha value is -0.540. The van der Waals surface area contributed by atoms with Gasteiger partial charge in [-0.1, -0.05) is 38.8 Å². The monoisotopic (exact) mass is 271 g/mol. The van der Waals surface area contributed by atoms with E-state index in [-0.39, 0.29) is 0 Å². The molecule has 1 rings (SSSR count). The minimum absolute atomic E-state index is 0.305. The molecule has 0 aliphatic heterocycles. The van der Waals surface area contributed by atoms with Crippen LogP contribution < -0.4 is 5.32 Å². The summed E-state index contributed by atoms with van der Waals surface area (Å²) < 4.78 is 2.02. The van der Waals surface area contributed by atoms with Gasteiger partial charge in [0.2, 0.25) is 0 Å². The van der Waals surface area contributed by atoms with E-state index in [2.05, 4.69) is 38.1 Å². The molecule has 1 heterocycles. The molecule has 0 saturated carbocycles. The number of hydrogen-bond acceptors (Lipinski definition) is 2.